The van der Waals surface area contributed by atoms with E-state index in [4.69, 9.17) is 0 Å². The van der Waals surface area contributed by atoms with Crippen molar-refractivity contribution < 1.29 is 0 Å². The third-order valence-electron chi connectivity index (χ3n) is 5.61. The summed E-state index contributed by atoms with van der Waals surface area (Å²) in [6.45, 7) is 9.54. The molecule has 2 fully saturated rings. The summed E-state index contributed by atoms with van der Waals surface area (Å²) in [5.41, 5.74) is 11.0. The molecule has 2 aliphatic heterocycles. The molecular weight excluding hydrogens is 312 g/mol. The van der Waals surface area contributed by atoms with Crippen LogP contribution in [0.15, 0.2) is 18.2 Å². The normalized spacial score (nSPS) is 27.2. The van der Waals surface area contributed by atoms with Gasteiger partial charge in [0, 0.05) is 19.0 Å². The zero-order valence-corrected chi connectivity index (χ0v) is 15.3. The Kier molecular flexibility index (Phi) is 4.58. The van der Waals surface area contributed by atoms with Gasteiger partial charge in [-0.15, -0.1) is 0 Å². The smallest absolute Gasteiger partial charge is 0.167 e. The van der Waals surface area contributed by atoms with Crippen LogP contribution in [0.2, 0.25) is 0 Å². The average molecular weight is 340 g/mol. The van der Waals surface area contributed by atoms with Crippen LogP contribution < -0.4 is 10.9 Å². The molecule has 0 saturated carbocycles. The summed E-state index contributed by atoms with van der Waals surface area (Å²) in [5.74, 6) is 2.40. The predicted molar refractivity (Wildman–Crippen MR) is 98.0 cm³/mol. The van der Waals surface area contributed by atoms with Crippen LogP contribution in [-0.2, 0) is 0 Å². The summed E-state index contributed by atoms with van der Waals surface area (Å²) in [6, 6.07) is 7.46. The Bertz CT molecular complexity index is 739. The maximum absolute atomic E-state index is 4.58. The van der Waals surface area contributed by atoms with Gasteiger partial charge in [-0.1, -0.05) is 23.8 Å². The van der Waals surface area contributed by atoms with Gasteiger partial charge in [-0.2, -0.15) is 5.10 Å². The summed E-state index contributed by atoms with van der Waals surface area (Å²) >= 11 is 0. The van der Waals surface area contributed by atoms with Crippen LogP contribution in [-0.4, -0.2) is 39.7 Å². The lowest BCUT2D eigenvalue weighted by Gasteiger charge is -2.28. The van der Waals surface area contributed by atoms with Gasteiger partial charge in [0.15, 0.2) is 5.82 Å². The van der Waals surface area contributed by atoms with E-state index in [1.54, 1.807) is 0 Å². The minimum atomic E-state index is 0.352. The van der Waals surface area contributed by atoms with Crippen LogP contribution in [0, 0.1) is 26.7 Å². The van der Waals surface area contributed by atoms with Crippen molar-refractivity contribution in [2.75, 3.05) is 19.6 Å². The first-order chi connectivity index (χ1) is 12.1. The fraction of sp³-hybridized carbons (Fsp3) is 0.579. The molecule has 3 heterocycles. The molecule has 2 aliphatic rings. The zero-order valence-electron chi connectivity index (χ0n) is 15.3. The van der Waals surface area contributed by atoms with E-state index < -0.39 is 0 Å². The van der Waals surface area contributed by atoms with Crippen molar-refractivity contribution in [3.05, 3.63) is 46.5 Å². The lowest BCUT2D eigenvalue weighted by atomic mass is 9.90. The molecule has 0 aliphatic carbocycles. The van der Waals surface area contributed by atoms with E-state index in [0.717, 1.165) is 37.7 Å². The molecule has 4 rings (SSSR count). The Balaban J connectivity index is 1.52. The molecule has 2 aromatic rings. The molecule has 3 atom stereocenters. The quantitative estimate of drug-likeness (QED) is 0.797. The van der Waals surface area contributed by atoms with Crippen molar-refractivity contribution >= 4 is 0 Å². The van der Waals surface area contributed by atoms with Gasteiger partial charge < -0.3 is 0 Å². The van der Waals surface area contributed by atoms with E-state index in [0.29, 0.717) is 18.0 Å². The van der Waals surface area contributed by atoms with Gasteiger partial charge in [-0.3, -0.25) is 15.4 Å². The van der Waals surface area contributed by atoms with Gasteiger partial charge in [0.25, 0.3) is 0 Å². The summed E-state index contributed by atoms with van der Waals surface area (Å²) < 4.78 is 0. The zero-order chi connectivity index (χ0) is 17.4. The van der Waals surface area contributed by atoms with Crippen LogP contribution in [0.25, 0.3) is 0 Å². The molecule has 0 bridgehead atoms. The number of nitrogens with zero attached hydrogens (tertiary/aromatic N) is 3. The summed E-state index contributed by atoms with van der Waals surface area (Å²) in [5, 5.41) is 7.41. The lowest BCUT2D eigenvalue weighted by molar-refractivity contribution is 0.205. The second-order valence-electron chi connectivity index (χ2n) is 7.56. The van der Waals surface area contributed by atoms with Gasteiger partial charge in [0.1, 0.15) is 5.82 Å². The number of aryl methyl sites for hydroxylation is 3. The number of rotatable bonds is 4. The summed E-state index contributed by atoms with van der Waals surface area (Å²) in [4.78, 5) is 7.15. The van der Waals surface area contributed by atoms with E-state index in [1.165, 1.54) is 23.1 Å². The first-order valence-electron chi connectivity index (χ1n) is 9.30. The van der Waals surface area contributed by atoms with Gasteiger partial charge in [0.05, 0.1) is 12.1 Å². The van der Waals surface area contributed by atoms with Gasteiger partial charge >= 0.3 is 0 Å². The molecule has 134 valence electrons. The number of hydrogen-bond donors (Lipinski definition) is 3. The fourth-order valence-electron chi connectivity index (χ4n) is 4.28. The van der Waals surface area contributed by atoms with E-state index in [9.17, 15) is 0 Å². The van der Waals surface area contributed by atoms with Crippen molar-refractivity contribution in [3.8, 4) is 0 Å². The number of likely N-dealkylation sites (tertiary alicyclic amines) is 1. The van der Waals surface area contributed by atoms with Gasteiger partial charge in [-0.25, -0.2) is 10.4 Å². The number of benzene rings is 1. The van der Waals surface area contributed by atoms with Crippen molar-refractivity contribution in [2.45, 2.75) is 45.7 Å². The Hall–Kier alpha value is -1.76. The molecule has 3 N–H and O–H groups in total. The standard InChI is InChI=1S/C19H28N6/c1-12-6-7-13(2)16(9-12)18-15(10-20-23-18)11-25-8-4-5-17(25)19-21-14(3)22-24-19/h6-7,9,15,17-18,20,23H,4-5,8,10-11H2,1-3H3,(H,21,22,24). The predicted octanol–water partition coefficient (Wildman–Crippen LogP) is 2.33. The lowest BCUT2D eigenvalue weighted by Crippen LogP contribution is -2.33. The number of aromatic amines is 1. The average Bonchev–Trinajstić information content (AvgIpc) is 3.31. The molecule has 1 aromatic carbocycles. The third kappa shape index (κ3) is 3.34. The van der Waals surface area contributed by atoms with Gasteiger partial charge in [-0.05, 0) is 51.3 Å². The molecule has 0 amide bonds. The Labute approximate surface area is 149 Å². The first-order valence-corrected chi connectivity index (χ1v) is 9.30. The second-order valence-corrected chi connectivity index (χ2v) is 7.56. The SMILES string of the molecule is Cc1ccc(C)c(C2NNCC2CN2CCCC2c2n[nH]c(C)n2)c1. The van der Waals surface area contributed by atoms with E-state index in [1.807, 2.05) is 6.92 Å². The highest BCUT2D eigenvalue weighted by molar-refractivity contribution is 5.34. The van der Waals surface area contributed by atoms with Crippen molar-refractivity contribution in [1.29, 1.82) is 0 Å². The number of aromatic nitrogens is 3. The van der Waals surface area contributed by atoms with Crippen molar-refractivity contribution in [2.24, 2.45) is 5.92 Å². The highest BCUT2D eigenvalue weighted by Crippen LogP contribution is 2.34. The van der Waals surface area contributed by atoms with E-state index >= 15 is 0 Å². The molecular formula is C19H28N6. The van der Waals surface area contributed by atoms with Crippen molar-refractivity contribution in [3.63, 3.8) is 0 Å². The molecule has 6 heteroatoms. The monoisotopic (exact) mass is 340 g/mol. The summed E-state index contributed by atoms with van der Waals surface area (Å²) in [6.07, 6.45) is 2.37. The molecule has 2 saturated heterocycles. The molecule has 1 aromatic heterocycles. The van der Waals surface area contributed by atoms with E-state index in [2.05, 4.69) is 63.0 Å². The first kappa shape index (κ1) is 16.7. The maximum atomic E-state index is 4.58. The Morgan fingerprint density at radius 2 is 2.12 bits per heavy atom. The molecule has 0 spiro atoms. The third-order valence-corrected chi connectivity index (χ3v) is 5.61. The molecule has 25 heavy (non-hydrogen) atoms. The number of hydrogen-bond acceptors (Lipinski definition) is 5. The number of nitrogens with one attached hydrogen (secondary N) is 3. The maximum Gasteiger partial charge on any atom is 0.167 e. The highest BCUT2D eigenvalue weighted by atomic mass is 15.4. The Morgan fingerprint density at radius 3 is 2.92 bits per heavy atom. The van der Waals surface area contributed by atoms with Crippen LogP contribution in [0.4, 0.5) is 0 Å². The van der Waals surface area contributed by atoms with Crippen LogP contribution >= 0.6 is 0 Å². The number of hydrazine groups is 1. The van der Waals surface area contributed by atoms with Crippen LogP contribution in [0.5, 0.6) is 0 Å². The van der Waals surface area contributed by atoms with Crippen LogP contribution in [0.1, 0.15) is 53.3 Å². The topological polar surface area (TPSA) is 68.9 Å². The number of H-pyrrole nitrogens is 1. The highest BCUT2D eigenvalue weighted by Gasteiger charge is 2.35. The molecule has 6 nitrogen and oxygen atoms in total. The second kappa shape index (κ2) is 6.86. The molecule has 3 unspecified atom stereocenters. The van der Waals surface area contributed by atoms with Crippen LogP contribution in [0.3, 0.4) is 0 Å². The van der Waals surface area contributed by atoms with Crippen molar-refractivity contribution in [1.82, 2.24) is 30.9 Å². The Morgan fingerprint density at radius 1 is 1.24 bits per heavy atom. The molecule has 0 radical (unpaired) electrons. The summed E-state index contributed by atoms with van der Waals surface area (Å²) in [7, 11) is 0. The largest absolute Gasteiger partial charge is 0.293 e. The van der Waals surface area contributed by atoms with E-state index in [-0.39, 0.29) is 0 Å². The minimum Gasteiger partial charge on any atom is -0.293 e. The fourth-order valence-corrected chi connectivity index (χ4v) is 4.28. The van der Waals surface area contributed by atoms with Gasteiger partial charge in [0.2, 0.25) is 0 Å². The minimum absolute atomic E-state index is 0.352.